The van der Waals surface area contributed by atoms with E-state index < -0.39 is 11.7 Å². The van der Waals surface area contributed by atoms with E-state index in [0.717, 1.165) is 37.8 Å². The summed E-state index contributed by atoms with van der Waals surface area (Å²) in [4.78, 5) is 14.2. The average molecular weight is 312 g/mol. The Kier molecular flexibility index (Phi) is 3.89. The molecule has 2 heterocycles. The van der Waals surface area contributed by atoms with Gasteiger partial charge in [-0.15, -0.1) is 0 Å². The molecule has 0 aromatic heterocycles. The molecule has 3 nitrogen and oxygen atoms in total. The van der Waals surface area contributed by atoms with Crippen LogP contribution in [0, 0.1) is 0 Å². The van der Waals surface area contributed by atoms with Crippen molar-refractivity contribution in [1.29, 1.82) is 0 Å². The zero-order valence-corrected chi connectivity index (χ0v) is 12.4. The van der Waals surface area contributed by atoms with Crippen LogP contribution in [0.4, 0.5) is 13.2 Å². The lowest BCUT2D eigenvalue weighted by Crippen LogP contribution is -2.48. The summed E-state index contributed by atoms with van der Waals surface area (Å²) in [5.74, 6) is -0.208. The maximum absolute atomic E-state index is 12.6. The van der Waals surface area contributed by atoms with Crippen molar-refractivity contribution >= 4 is 5.91 Å². The summed E-state index contributed by atoms with van der Waals surface area (Å²) in [6, 6.07) is 5.54. The second kappa shape index (κ2) is 5.57. The molecule has 0 radical (unpaired) electrons. The summed E-state index contributed by atoms with van der Waals surface area (Å²) < 4.78 is 37.7. The Hall–Kier alpha value is -1.56. The molecule has 2 atom stereocenters. The molecule has 2 unspecified atom stereocenters. The van der Waals surface area contributed by atoms with E-state index in [2.05, 4.69) is 5.32 Å². The van der Waals surface area contributed by atoms with Gasteiger partial charge in [-0.1, -0.05) is 0 Å². The van der Waals surface area contributed by atoms with Crippen LogP contribution in [0.2, 0.25) is 0 Å². The number of amides is 1. The van der Waals surface area contributed by atoms with E-state index in [0.29, 0.717) is 17.6 Å². The van der Waals surface area contributed by atoms with Crippen LogP contribution in [0.1, 0.15) is 41.6 Å². The van der Waals surface area contributed by atoms with Gasteiger partial charge in [-0.25, -0.2) is 0 Å². The topological polar surface area (TPSA) is 32.3 Å². The first kappa shape index (κ1) is 15.3. The number of carbonyl (C=O) groups excluding carboxylic acids is 1. The zero-order valence-electron chi connectivity index (χ0n) is 12.4. The Balaban J connectivity index is 1.70. The summed E-state index contributed by atoms with van der Waals surface area (Å²) in [6.45, 7) is 0. The number of alkyl halides is 3. The minimum Gasteiger partial charge on any atom is -0.339 e. The molecule has 6 heteroatoms. The van der Waals surface area contributed by atoms with E-state index in [-0.39, 0.29) is 11.9 Å². The van der Waals surface area contributed by atoms with Crippen molar-refractivity contribution < 1.29 is 18.0 Å². The monoisotopic (exact) mass is 312 g/mol. The van der Waals surface area contributed by atoms with Crippen molar-refractivity contribution in [3.05, 3.63) is 35.4 Å². The fraction of sp³-hybridized carbons (Fsp3) is 0.562. The molecule has 0 spiro atoms. The van der Waals surface area contributed by atoms with Gasteiger partial charge in [0.1, 0.15) is 0 Å². The third-order valence-corrected chi connectivity index (χ3v) is 4.78. The second-order valence-electron chi connectivity index (χ2n) is 6.25. The molecule has 3 rings (SSSR count). The van der Waals surface area contributed by atoms with Crippen LogP contribution in [0.25, 0.3) is 0 Å². The lowest BCUT2D eigenvalue weighted by Gasteiger charge is -2.35. The highest BCUT2D eigenvalue weighted by Crippen LogP contribution is 2.31. The van der Waals surface area contributed by atoms with Gasteiger partial charge in [0.05, 0.1) is 5.56 Å². The molecule has 1 aromatic carbocycles. The number of nitrogens with one attached hydrogen (secondary N) is 1. The van der Waals surface area contributed by atoms with Gasteiger partial charge in [-0.3, -0.25) is 4.79 Å². The number of hydrogen-bond donors (Lipinski definition) is 1. The first-order valence-corrected chi connectivity index (χ1v) is 7.55. The minimum absolute atomic E-state index is 0.161. The number of nitrogens with zero attached hydrogens (tertiary/aromatic N) is 1. The number of piperidine rings is 1. The molecule has 1 N–H and O–H groups in total. The standard InChI is InChI=1S/C16H19F3N2O/c1-21(14-8-12-6-7-13(9-14)20-12)15(22)10-2-4-11(5-3-10)16(17,18)19/h2-5,12-14,20H,6-9H2,1H3. The van der Waals surface area contributed by atoms with Crippen LogP contribution < -0.4 is 5.32 Å². The van der Waals surface area contributed by atoms with Crippen molar-refractivity contribution in [2.24, 2.45) is 0 Å². The van der Waals surface area contributed by atoms with Gasteiger partial charge >= 0.3 is 6.18 Å². The normalized spacial score (nSPS) is 27.7. The van der Waals surface area contributed by atoms with Gasteiger partial charge < -0.3 is 10.2 Å². The second-order valence-corrected chi connectivity index (χ2v) is 6.25. The van der Waals surface area contributed by atoms with Crippen LogP contribution in [0.3, 0.4) is 0 Å². The number of benzene rings is 1. The predicted molar refractivity (Wildman–Crippen MR) is 76.5 cm³/mol. The smallest absolute Gasteiger partial charge is 0.339 e. The van der Waals surface area contributed by atoms with Crippen molar-refractivity contribution in [1.82, 2.24) is 10.2 Å². The van der Waals surface area contributed by atoms with Gasteiger partial charge in [0, 0.05) is 30.7 Å². The summed E-state index contributed by atoms with van der Waals surface area (Å²) in [7, 11) is 1.75. The summed E-state index contributed by atoms with van der Waals surface area (Å²) >= 11 is 0. The van der Waals surface area contributed by atoms with Crippen molar-refractivity contribution in [2.45, 2.75) is 50.0 Å². The van der Waals surface area contributed by atoms with Crippen LogP contribution in [-0.2, 0) is 6.18 Å². The van der Waals surface area contributed by atoms with Crippen LogP contribution in [0.5, 0.6) is 0 Å². The zero-order chi connectivity index (χ0) is 15.9. The summed E-state index contributed by atoms with van der Waals surface area (Å²) in [6.07, 6.45) is -0.257. The molecule has 120 valence electrons. The van der Waals surface area contributed by atoms with Crippen LogP contribution in [-0.4, -0.2) is 36.0 Å². The van der Waals surface area contributed by atoms with E-state index in [9.17, 15) is 18.0 Å². The highest BCUT2D eigenvalue weighted by atomic mass is 19.4. The molecule has 2 bridgehead atoms. The third-order valence-electron chi connectivity index (χ3n) is 4.78. The first-order valence-electron chi connectivity index (χ1n) is 7.55. The van der Waals surface area contributed by atoms with E-state index in [4.69, 9.17) is 0 Å². The molecule has 2 saturated heterocycles. The third kappa shape index (κ3) is 2.97. The quantitative estimate of drug-likeness (QED) is 0.910. The molecule has 2 aliphatic heterocycles. The molecule has 1 aromatic rings. The Labute approximate surface area is 127 Å². The number of rotatable bonds is 2. The molecule has 0 aliphatic carbocycles. The first-order chi connectivity index (χ1) is 10.3. The maximum Gasteiger partial charge on any atom is 0.416 e. The van der Waals surface area contributed by atoms with E-state index in [1.807, 2.05) is 0 Å². The summed E-state index contributed by atoms with van der Waals surface area (Å²) in [5, 5.41) is 3.51. The molecule has 2 aliphatic rings. The van der Waals surface area contributed by atoms with Gasteiger partial charge in [-0.2, -0.15) is 13.2 Å². The summed E-state index contributed by atoms with van der Waals surface area (Å²) in [5.41, 5.74) is -0.423. The molecule has 1 amide bonds. The van der Waals surface area contributed by atoms with Gasteiger partial charge in [0.2, 0.25) is 0 Å². The largest absolute Gasteiger partial charge is 0.416 e. The molecular weight excluding hydrogens is 293 g/mol. The van der Waals surface area contributed by atoms with Crippen LogP contribution >= 0.6 is 0 Å². The Bertz CT molecular complexity index is 544. The van der Waals surface area contributed by atoms with Crippen molar-refractivity contribution in [3.8, 4) is 0 Å². The Morgan fingerprint density at radius 2 is 1.68 bits per heavy atom. The average Bonchev–Trinajstić information content (AvgIpc) is 2.83. The molecule has 22 heavy (non-hydrogen) atoms. The van der Waals surface area contributed by atoms with E-state index in [1.165, 1.54) is 12.1 Å². The molecular formula is C16H19F3N2O. The predicted octanol–water partition coefficient (Wildman–Crippen LogP) is 3.06. The lowest BCUT2D eigenvalue weighted by molar-refractivity contribution is -0.137. The number of fused-ring (bicyclic) bond motifs is 2. The maximum atomic E-state index is 12.6. The van der Waals surface area contributed by atoms with Gasteiger partial charge in [-0.05, 0) is 49.9 Å². The number of hydrogen-bond acceptors (Lipinski definition) is 2. The molecule has 0 saturated carbocycles. The lowest BCUT2D eigenvalue weighted by atomic mass is 9.98. The fourth-order valence-electron chi connectivity index (χ4n) is 3.51. The van der Waals surface area contributed by atoms with E-state index in [1.54, 1.807) is 11.9 Å². The number of carbonyl (C=O) groups is 1. The highest BCUT2D eigenvalue weighted by Gasteiger charge is 2.36. The highest BCUT2D eigenvalue weighted by molar-refractivity contribution is 5.94. The van der Waals surface area contributed by atoms with Gasteiger partial charge in [0.15, 0.2) is 0 Å². The van der Waals surface area contributed by atoms with Gasteiger partial charge in [0.25, 0.3) is 5.91 Å². The molecule has 2 fully saturated rings. The number of halogens is 3. The minimum atomic E-state index is -4.37. The fourth-order valence-corrected chi connectivity index (χ4v) is 3.51. The SMILES string of the molecule is CN(C(=O)c1ccc(C(F)(F)F)cc1)C1CC2CCC(C1)N2. The van der Waals surface area contributed by atoms with E-state index >= 15 is 0 Å². The van der Waals surface area contributed by atoms with Crippen molar-refractivity contribution in [2.75, 3.05) is 7.05 Å². The Morgan fingerprint density at radius 3 is 2.18 bits per heavy atom. The van der Waals surface area contributed by atoms with Crippen molar-refractivity contribution in [3.63, 3.8) is 0 Å². The Morgan fingerprint density at radius 1 is 1.14 bits per heavy atom. The van der Waals surface area contributed by atoms with Crippen LogP contribution in [0.15, 0.2) is 24.3 Å².